The van der Waals surface area contributed by atoms with E-state index in [1.807, 2.05) is 0 Å². The summed E-state index contributed by atoms with van der Waals surface area (Å²) in [5.74, 6) is -2.31. The molecule has 0 saturated heterocycles. The fraction of sp³-hybridized carbons (Fsp3) is 0. The van der Waals surface area contributed by atoms with Gasteiger partial charge in [-0.15, -0.1) is 0 Å². The summed E-state index contributed by atoms with van der Waals surface area (Å²) < 4.78 is 0. The van der Waals surface area contributed by atoms with E-state index in [1.165, 1.54) is 6.07 Å². The number of anilines is 1. The highest BCUT2D eigenvalue weighted by Gasteiger charge is 2.18. The van der Waals surface area contributed by atoms with Crippen molar-refractivity contribution in [3.8, 4) is 0 Å². The number of nitrogen functional groups attached to an aromatic ring is 1. The number of carboxylic acid groups (broad SMARTS) is 2. The quantitative estimate of drug-likeness (QED) is 0.684. The Morgan fingerprint density at radius 1 is 1.00 bits per heavy atom. The van der Waals surface area contributed by atoms with Crippen LogP contribution in [0, 0.1) is 0 Å². The van der Waals surface area contributed by atoms with Crippen LogP contribution in [0.1, 0.15) is 20.7 Å². The maximum atomic E-state index is 11.1. The first-order valence-electron chi connectivity index (χ1n) is 4.80. The number of nitrogens with two attached hydrogens (primary N) is 1. The molecular weight excluding hydrogens is 222 g/mol. The maximum Gasteiger partial charge on any atom is 0.338 e. The predicted octanol–water partition coefficient (Wildman–Crippen LogP) is 1.82. The van der Waals surface area contributed by atoms with E-state index in [2.05, 4.69) is 0 Å². The number of hydrogen-bond donors (Lipinski definition) is 3. The van der Waals surface area contributed by atoms with E-state index in [0.717, 1.165) is 0 Å². The van der Waals surface area contributed by atoms with Crippen molar-refractivity contribution in [2.45, 2.75) is 0 Å². The lowest BCUT2D eigenvalue weighted by atomic mass is 9.98. The molecule has 2 aromatic carbocycles. The van der Waals surface area contributed by atoms with Crippen molar-refractivity contribution in [1.82, 2.24) is 0 Å². The highest BCUT2D eigenvalue weighted by Crippen LogP contribution is 2.28. The molecule has 0 radical (unpaired) electrons. The van der Waals surface area contributed by atoms with E-state index in [0.29, 0.717) is 10.8 Å². The van der Waals surface area contributed by atoms with Gasteiger partial charge in [-0.25, -0.2) is 9.59 Å². The van der Waals surface area contributed by atoms with Gasteiger partial charge in [-0.2, -0.15) is 0 Å². The molecule has 0 fully saturated rings. The van der Waals surface area contributed by atoms with Crippen molar-refractivity contribution >= 4 is 28.4 Å². The summed E-state index contributed by atoms with van der Waals surface area (Å²) >= 11 is 0. The van der Waals surface area contributed by atoms with Gasteiger partial charge in [-0.05, 0) is 16.8 Å². The van der Waals surface area contributed by atoms with Gasteiger partial charge in [0.1, 0.15) is 0 Å². The van der Waals surface area contributed by atoms with Crippen molar-refractivity contribution in [2.24, 2.45) is 0 Å². The minimum absolute atomic E-state index is 0.00287. The molecule has 0 aliphatic heterocycles. The molecule has 0 aliphatic rings. The zero-order valence-electron chi connectivity index (χ0n) is 8.68. The van der Waals surface area contributed by atoms with Crippen LogP contribution in [-0.2, 0) is 0 Å². The molecule has 0 saturated carbocycles. The number of carbonyl (C=O) groups is 2. The van der Waals surface area contributed by atoms with E-state index in [9.17, 15) is 9.59 Å². The fourth-order valence-corrected chi connectivity index (χ4v) is 1.81. The first kappa shape index (κ1) is 10.9. The Labute approximate surface area is 96.1 Å². The van der Waals surface area contributed by atoms with Crippen molar-refractivity contribution < 1.29 is 19.8 Å². The van der Waals surface area contributed by atoms with Gasteiger partial charge in [0.2, 0.25) is 0 Å². The van der Waals surface area contributed by atoms with Crippen LogP contribution in [0.2, 0.25) is 0 Å². The van der Waals surface area contributed by atoms with Crippen LogP contribution in [0.5, 0.6) is 0 Å². The lowest BCUT2D eigenvalue weighted by Gasteiger charge is -2.08. The Kier molecular flexibility index (Phi) is 2.44. The van der Waals surface area contributed by atoms with Gasteiger partial charge in [0, 0.05) is 5.69 Å². The third kappa shape index (κ3) is 1.67. The standard InChI is InChI=1S/C12H9NO4/c13-9-5-8(11(14)15)6-3-1-2-4-7(6)10(9)12(16)17/h1-5H,13H2,(H,14,15)(H,16,17). The van der Waals surface area contributed by atoms with Crippen LogP contribution >= 0.6 is 0 Å². The van der Waals surface area contributed by atoms with Gasteiger partial charge in [-0.3, -0.25) is 0 Å². The van der Waals surface area contributed by atoms with Gasteiger partial charge in [0.15, 0.2) is 0 Å². The van der Waals surface area contributed by atoms with Crippen LogP contribution in [0.15, 0.2) is 30.3 Å². The summed E-state index contributed by atoms with van der Waals surface area (Å²) in [6, 6.07) is 7.57. The minimum Gasteiger partial charge on any atom is -0.478 e. The summed E-state index contributed by atoms with van der Waals surface area (Å²) in [5.41, 5.74) is 5.47. The Balaban J connectivity index is 2.97. The van der Waals surface area contributed by atoms with E-state index in [4.69, 9.17) is 15.9 Å². The third-order valence-corrected chi connectivity index (χ3v) is 2.52. The first-order valence-corrected chi connectivity index (χ1v) is 4.80. The fourth-order valence-electron chi connectivity index (χ4n) is 1.81. The van der Waals surface area contributed by atoms with E-state index < -0.39 is 11.9 Å². The normalized spacial score (nSPS) is 10.4. The monoisotopic (exact) mass is 231 g/mol. The molecule has 0 spiro atoms. The smallest absolute Gasteiger partial charge is 0.338 e. The first-order chi connectivity index (χ1) is 8.02. The largest absolute Gasteiger partial charge is 0.478 e. The molecule has 0 amide bonds. The zero-order valence-corrected chi connectivity index (χ0v) is 8.68. The lowest BCUT2D eigenvalue weighted by Crippen LogP contribution is -2.07. The van der Waals surface area contributed by atoms with Crippen molar-refractivity contribution in [2.75, 3.05) is 5.73 Å². The molecule has 0 bridgehead atoms. The van der Waals surface area contributed by atoms with E-state index >= 15 is 0 Å². The maximum absolute atomic E-state index is 11.1. The topological polar surface area (TPSA) is 101 Å². The molecule has 86 valence electrons. The summed E-state index contributed by atoms with van der Waals surface area (Å²) in [4.78, 5) is 22.1. The SMILES string of the molecule is Nc1cc(C(=O)O)c2ccccc2c1C(=O)O. The Morgan fingerprint density at radius 2 is 1.59 bits per heavy atom. The second-order valence-electron chi connectivity index (χ2n) is 3.54. The van der Waals surface area contributed by atoms with Crippen molar-refractivity contribution in [1.29, 1.82) is 0 Å². The summed E-state index contributed by atoms with van der Waals surface area (Å²) in [6.45, 7) is 0. The predicted molar refractivity (Wildman–Crippen MR) is 62.3 cm³/mol. The number of hydrogen-bond acceptors (Lipinski definition) is 3. The number of rotatable bonds is 2. The molecule has 0 atom stereocenters. The molecular formula is C12H9NO4. The minimum atomic E-state index is -1.17. The molecule has 0 aliphatic carbocycles. The van der Waals surface area contributed by atoms with Crippen LogP contribution in [-0.4, -0.2) is 22.2 Å². The summed E-state index contributed by atoms with van der Waals surface area (Å²) in [5, 5.41) is 18.8. The molecule has 0 heterocycles. The number of aromatic carboxylic acids is 2. The molecule has 5 nitrogen and oxygen atoms in total. The average Bonchev–Trinajstić information content (AvgIpc) is 2.27. The lowest BCUT2D eigenvalue weighted by molar-refractivity contribution is 0.0685. The highest BCUT2D eigenvalue weighted by molar-refractivity contribution is 6.14. The van der Waals surface area contributed by atoms with E-state index in [1.54, 1.807) is 24.3 Å². The second-order valence-corrected chi connectivity index (χ2v) is 3.54. The van der Waals surface area contributed by atoms with Gasteiger partial charge < -0.3 is 15.9 Å². The van der Waals surface area contributed by atoms with Crippen LogP contribution in [0.25, 0.3) is 10.8 Å². The summed E-state index contributed by atoms with van der Waals surface area (Å²) in [6.07, 6.45) is 0. The van der Waals surface area contributed by atoms with E-state index in [-0.39, 0.29) is 16.8 Å². The number of carboxylic acids is 2. The molecule has 2 rings (SSSR count). The Hall–Kier alpha value is -2.56. The second kappa shape index (κ2) is 3.79. The van der Waals surface area contributed by atoms with Crippen molar-refractivity contribution in [3.05, 3.63) is 41.5 Å². The van der Waals surface area contributed by atoms with Crippen LogP contribution < -0.4 is 5.73 Å². The highest BCUT2D eigenvalue weighted by atomic mass is 16.4. The summed E-state index contributed by atoms with van der Waals surface area (Å²) in [7, 11) is 0. The Morgan fingerprint density at radius 3 is 2.12 bits per heavy atom. The molecule has 0 unspecified atom stereocenters. The molecule has 2 aromatic rings. The van der Waals surface area contributed by atoms with Gasteiger partial charge in [0.25, 0.3) is 0 Å². The Bertz CT molecular complexity index is 634. The number of benzene rings is 2. The van der Waals surface area contributed by atoms with Gasteiger partial charge >= 0.3 is 11.9 Å². The molecule has 17 heavy (non-hydrogen) atoms. The van der Waals surface area contributed by atoms with Gasteiger partial charge in [-0.1, -0.05) is 24.3 Å². The molecule has 0 aromatic heterocycles. The van der Waals surface area contributed by atoms with Crippen LogP contribution in [0.3, 0.4) is 0 Å². The van der Waals surface area contributed by atoms with Crippen LogP contribution in [0.4, 0.5) is 5.69 Å². The number of fused-ring (bicyclic) bond motifs is 1. The van der Waals surface area contributed by atoms with Crippen molar-refractivity contribution in [3.63, 3.8) is 0 Å². The molecule has 4 N–H and O–H groups in total. The molecule has 5 heteroatoms. The van der Waals surface area contributed by atoms with Gasteiger partial charge in [0.05, 0.1) is 11.1 Å². The average molecular weight is 231 g/mol. The zero-order chi connectivity index (χ0) is 12.6. The third-order valence-electron chi connectivity index (χ3n) is 2.52.